The van der Waals surface area contributed by atoms with Gasteiger partial charge < -0.3 is 15.8 Å². The third-order valence-corrected chi connectivity index (χ3v) is 4.21. The summed E-state index contributed by atoms with van der Waals surface area (Å²) in [4.78, 5) is 12.3. The van der Waals surface area contributed by atoms with Gasteiger partial charge >= 0.3 is 0 Å². The first-order valence-electron chi connectivity index (χ1n) is 7.31. The lowest BCUT2D eigenvalue weighted by atomic mass is 9.97. The molecule has 0 spiro atoms. The van der Waals surface area contributed by atoms with Gasteiger partial charge in [-0.15, -0.1) is 0 Å². The zero-order valence-electron chi connectivity index (χ0n) is 12.3. The van der Waals surface area contributed by atoms with Crippen molar-refractivity contribution in [3.63, 3.8) is 0 Å². The number of aryl methyl sites for hydroxylation is 1. The fourth-order valence-corrected chi connectivity index (χ4v) is 2.94. The van der Waals surface area contributed by atoms with E-state index in [1.165, 1.54) is 25.7 Å². The highest BCUT2D eigenvalue weighted by Gasteiger charge is 2.25. The summed E-state index contributed by atoms with van der Waals surface area (Å²) in [6, 6.07) is 5.60. The van der Waals surface area contributed by atoms with E-state index in [1.54, 1.807) is 13.2 Å². The minimum absolute atomic E-state index is 0.0642. The Labute approximate surface area is 120 Å². The summed E-state index contributed by atoms with van der Waals surface area (Å²) < 4.78 is 5.26. The molecule has 0 saturated heterocycles. The molecule has 0 aromatic heterocycles. The van der Waals surface area contributed by atoms with Crippen LogP contribution in [0.5, 0.6) is 5.75 Å². The predicted octanol–water partition coefficient (Wildman–Crippen LogP) is 2.25. The van der Waals surface area contributed by atoms with Gasteiger partial charge in [0.2, 0.25) is 0 Å². The van der Waals surface area contributed by atoms with Crippen molar-refractivity contribution in [2.45, 2.75) is 38.6 Å². The molecule has 0 aliphatic heterocycles. The highest BCUT2D eigenvalue weighted by Crippen LogP contribution is 2.27. The molecule has 0 heterocycles. The van der Waals surface area contributed by atoms with Crippen LogP contribution in [0.15, 0.2) is 18.2 Å². The Hall–Kier alpha value is -1.55. The van der Waals surface area contributed by atoms with Gasteiger partial charge in [-0.1, -0.05) is 18.9 Å². The molecule has 1 aromatic rings. The van der Waals surface area contributed by atoms with Crippen LogP contribution in [-0.2, 0) is 0 Å². The molecule has 1 saturated carbocycles. The number of rotatable bonds is 5. The van der Waals surface area contributed by atoms with Crippen molar-refractivity contribution < 1.29 is 9.53 Å². The van der Waals surface area contributed by atoms with Crippen molar-refractivity contribution in [3.8, 4) is 5.75 Å². The Kier molecular flexibility index (Phi) is 5.01. The zero-order valence-corrected chi connectivity index (χ0v) is 12.3. The van der Waals surface area contributed by atoms with E-state index in [1.807, 2.05) is 19.1 Å². The first-order valence-corrected chi connectivity index (χ1v) is 7.31. The number of carbonyl (C=O) groups excluding carboxylic acids is 1. The minimum Gasteiger partial charge on any atom is -0.496 e. The number of carbonyl (C=O) groups is 1. The van der Waals surface area contributed by atoms with E-state index in [2.05, 4.69) is 5.32 Å². The highest BCUT2D eigenvalue weighted by atomic mass is 16.5. The van der Waals surface area contributed by atoms with Crippen LogP contribution in [0.3, 0.4) is 0 Å². The van der Waals surface area contributed by atoms with Crippen molar-refractivity contribution in [1.29, 1.82) is 0 Å². The second kappa shape index (κ2) is 6.75. The largest absolute Gasteiger partial charge is 0.496 e. The molecule has 1 atom stereocenters. The molecule has 3 N–H and O–H groups in total. The molecule has 1 amide bonds. The first kappa shape index (κ1) is 14.9. The third-order valence-electron chi connectivity index (χ3n) is 4.21. The Morgan fingerprint density at radius 1 is 1.45 bits per heavy atom. The molecule has 0 radical (unpaired) electrons. The maximum atomic E-state index is 12.3. The lowest BCUT2D eigenvalue weighted by Gasteiger charge is -2.23. The van der Waals surface area contributed by atoms with Crippen LogP contribution in [-0.4, -0.2) is 25.6 Å². The standard InChI is InChI=1S/C16H24N2O2/c1-11-7-8-13(9-15(11)20-2)16(19)18-14(10-17)12-5-3-4-6-12/h7-9,12,14H,3-6,10,17H2,1-2H3,(H,18,19). The maximum absolute atomic E-state index is 12.3. The van der Waals surface area contributed by atoms with Gasteiger partial charge in [0.25, 0.3) is 5.91 Å². The zero-order chi connectivity index (χ0) is 14.5. The van der Waals surface area contributed by atoms with Gasteiger partial charge in [-0.25, -0.2) is 0 Å². The quantitative estimate of drug-likeness (QED) is 0.867. The molecule has 4 nitrogen and oxygen atoms in total. The lowest BCUT2D eigenvalue weighted by Crippen LogP contribution is -2.44. The molecular formula is C16H24N2O2. The van der Waals surface area contributed by atoms with Gasteiger partial charge in [0.1, 0.15) is 5.75 Å². The molecule has 20 heavy (non-hydrogen) atoms. The van der Waals surface area contributed by atoms with E-state index in [9.17, 15) is 4.79 Å². The number of methoxy groups -OCH3 is 1. The molecule has 1 fully saturated rings. The van der Waals surface area contributed by atoms with E-state index in [-0.39, 0.29) is 11.9 Å². The van der Waals surface area contributed by atoms with E-state index >= 15 is 0 Å². The number of nitrogens with one attached hydrogen (secondary N) is 1. The lowest BCUT2D eigenvalue weighted by molar-refractivity contribution is 0.0924. The molecular weight excluding hydrogens is 252 g/mol. The van der Waals surface area contributed by atoms with E-state index in [0.717, 1.165) is 11.3 Å². The Bertz CT molecular complexity index is 468. The molecule has 4 heteroatoms. The van der Waals surface area contributed by atoms with Crippen LogP contribution in [0.25, 0.3) is 0 Å². The highest BCUT2D eigenvalue weighted by molar-refractivity contribution is 5.95. The Morgan fingerprint density at radius 2 is 2.15 bits per heavy atom. The Morgan fingerprint density at radius 3 is 2.75 bits per heavy atom. The number of hydrogen-bond acceptors (Lipinski definition) is 3. The normalized spacial score (nSPS) is 16.9. The van der Waals surface area contributed by atoms with Crippen LogP contribution >= 0.6 is 0 Å². The van der Waals surface area contributed by atoms with E-state index in [0.29, 0.717) is 18.0 Å². The van der Waals surface area contributed by atoms with Gasteiger partial charge in [0.05, 0.1) is 7.11 Å². The molecule has 110 valence electrons. The summed E-state index contributed by atoms with van der Waals surface area (Å²) in [7, 11) is 1.62. The molecule has 1 aliphatic rings. The number of hydrogen-bond donors (Lipinski definition) is 2. The SMILES string of the molecule is COc1cc(C(=O)NC(CN)C2CCCC2)ccc1C. The number of ether oxygens (including phenoxy) is 1. The van der Waals surface area contributed by atoms with Gasteiger partial charge in [0, 0.05) is 18.2 Å². The van der Waals surface area contributed by atoms with Crippen molar-refractivity contribution in [3.05, 3.63) is 29.3 Å². The smallest absolute Gasteiger partial charge is 0.251 e. The summed E-state index contributed by atoms with van der Waals surface area (Å²) >= 11 is 0. The topological polar surface area (TPSA) is 64.3 Å². The van der Waals surface area contributed by atoms with Gasteiger partial charge in [-0.05, 0) is 43.4 Å². The minimum atomic E-state index is -0.0642. The summed E-state index contributed by atoms with van der Waals surface area (Å²) in [5.74, 6) is 1.20. The average Bonchev–Trinajstić information content (AvgIpc) is 2.99. The van der Waals surface area contributed by atoms with Crippen molar-refractivity contribution in [2.75, 3.05) is 13.7 Å². The Balaban J connectivity index is 2.06. The number of nitrogens with two attached hydrogens (primary N) is 1. The van der Waals surface area contributed by atoms with Gasteiger partial charge in [-0.3, -0.25) is 4.79 Å². The first-order chi connectivity index (χ1) is 9.65. The van der Waals surface area contributed by atoms with Crippen LogP contribution in [0.2, 0.25) is 0 Å². The maximum Gasteiger partial charge on any atom is 0.251 e. The van der Waals surface area contributed by atoms with Crippen LogP contribution < -0.4 is 15.8 Å². The fraction of sp³-hybridized carbons (Fsp3) is 0.562. The molecule has 1 unspecified atom stereocenters. The van der Waals surface area contributed by atoms with E-state index in [4.69, 9.17) is 10.5 Å². The summed E-state index contributed by atoms with van der Waals surface area (Å²) in [5, 5.41) is 3.08. The third kappa shape index (κ3) is 3.31. The van der Waals surface area contributed by atoms with Crippen LogP contribution in [0.1, 0.15) is 41.6 Å². The molecule has 2 rings (SSSR count). The van der Waals surface area contributed by atoms with Crippen LogP contribution in [0.4, 0.5) is 0 Å². The summed E-state index contributed by atoms with van der Waals surface area (Å²) in [5.41, 5.74) is 7.47. The van der Waals surface area contributed by atoms with Gasteiger partial charge in [0.15, 0.2) is 0 Å². The van der Waals surface area contributed by atoms with Crippen molar-refractivity contribution >= 4 is 5.91 Å². The van der Waals surface area contributed by atoms with Crippen molar-refractivity contribution in [2.24, 2.45) is 11.7 Å². The van der Waals surface area contributed by atoms with Crippen molar-refractivity contribution in [1.82, 2.24) is 5.32 Å². The molecule has 1 aromatic carbocycles. The van der Waals surface area contributed by atoms with E-state index < -0.39 is 0 Å². The second-order valence-electron chi connectivity index (χ2n) is 5.54. The fourth-order valence-electron chi connectivity index (χ4n) is 2.94. The monoisotopic (exact) mass is 276 g/mol. The average molecular weight is 276 g/mol. The number of amides is 1. The summed E-state index contributed by atoms with van der Waals surface area (Å²) in [6.07, 6.45) is 4.82. The molecule has 1 aliphatic carbocycles. The summed E-state index contributed by atoms with van der Waals surface area (Å²) in [6.45, 7) is 2.46. The second-order valence-corrected chi connectivity index (χ2v) is 5.54. The number of benzene rings is 1. The molecule has 0 bridgehead atoms. The van der Waals surface area contributed by atoms with Crippen LogP contribution in [0, 0.1) is 12.8 Å². The van der Waals surface area contributed by atoms with Gasteiger partial charge in [-0.2, -0.15) is 0 Å². The predicted molar refractivity (Wildman–Crippen MR) is 80.0 cm³/mol.